The number of carbonyl (C=O) groups is 1. The van der Waals surface area contributed by atoms with Crippen molar-refractivity contribution >= 4 is 17.2 Å². The molecule has 0 saturated carbocycles. The van der Waals surface area contributed by atoms with Crippen LogP contribution in [0.4, 0.5) is 5.69 Å². The second-order valence-corrected chi connectivity index (χ2v) is 7.34. The van der Waals surface area contributed by atoms with Crippen LogP contribution in [-0.4, -0.2) is 27.2 Å². The summed E-state index contributed by atoms with van der Waals surface area (Å²) in [7, 11) is 4.84. The van der Waals surface area contributed by atoms with Gasteiger partial charge in [0.15, 0.2) is 11.5 Å². The van der Waals surface area contributed by atoms with Crippen LogP contribution in [0.3, 0.4) is 0 Å². The number of ether oxygens (including phenoxy) is 3. The topological polar surface area (TPSA) is 56.8 Å². The number of hydrogen-bond acceptors (Lipinski definition) is 4. The molecule has 1 N–H and O–H groups in total. The number of rotatable bonds is 7. The summed E-state index contributed by atoms with van der Waals surface area (Å²) in [5.41, 5.74) is 6.35. The number of carbonyl (C=O) groups excluding carboxylic acids is 1. The molecular weight excluding hydrogens is 390 g/mol. The van der Waals surface area contributed by atoms with Gasteiger partial charge in [-0.2, -0.15) is 0 Å². The van der Waals surface area contributed by atoms with E-state index in [0.717, 1.165) is 34.5 Å². The van der Waals surface area contributed by atoms with Gasteiger partial charge < -0.3 is 19.5 Å². The van der Waals surface area contributed by atoms with Crippen molar-refractivity contribution in [1.82, 2.24) is 0 Å². The lowest BCUT2D eigenvalue weighted by Gasteiger charge is -2.12. The number of hydrogen-bond donors (Lipinski definition) is 1. The number of anilines is 1. The molecule has 158 valence electrons. The first-order valence-electron chi connectivity index (χ1n) is 10.1. The van der Waals surface area contributed by atoms with Crippen molar-refractivity contribution in [3.05, 3.63) is 89.0 Å². The lowest BCUT2D eigenvalue weighted by Crippen LogP contribution is -2.14. The van der Waals surface area contributed by atoms with E-state index in [2.05, 4.69) is 29.6 Å². The average Bonchev–Trinajstić information content (AvgIpc) is 3.22. The first-order chi connectivity index (χ1) is 15.1. The molecule has 0 unspecified atom stereocenters. The third-order valence-electron chi connectivity index (χ3n) is 5.42. The Morgan fingerprint density at radius 1 is 0.871 bits per heavy atom. The molecule has 31 heavy (non-hydrogen) atoms. The van der Waals surface area contributed by atoms with Crippen molar-refractivity contribution in [2.45, 2.75) is 12.8 Å². The molecule has 4 rings (SSSR count). The molecule has 0 bridgehead atoms. The Kier molecular flexibility index (Phi) is 5.94. The molecule has 0 heterocycles. The fourth-order valence-electron chi connectivity index (χ4n) is 3.83. The van der Waals surface area contributed by atoms with Gasteiger partial charge in [-0.25, -0.2) is 0 Å². The normalized spacial score (nSPS) is 12.0. The maximum Gasteiger partial charge on any atom is 0.228 e. The van der Waals surface area contributed by atoms with E-state index in [4.69, 9.17) is 14.2 Å². The summed E-state index contributed by atoms with van der Waals surface area (Å²) in [6, 6.07) is 19.6. The Morgan fingerprint density at radius 3 is 2.35 bits per heavy atom. The molecule has 0 aromatic heterocycles. The number of amides is 1. The van der Waals surface area contributed by atoms with E-state index in [-0.39, 0.29) is 12.3 Å². The van der Waals surface area contributed by atoms with E-state index in [1.807, 2.05) is 42.5 Å². The van der Waals surface area contributed by atoms with Crippen LogP contribution in [-0.2, 0) is 17.6 Å². The Labute approximate surface area is 182 Å². The first kappa shape index (κ1) is 20.5. The zero-order chi connectivity index (χ0) is 21.8. The number of nitrogens with one attached hydrogen (secondary N) is 1. The van der Waals surface area contributed by atoms with Crippen molar-refractivity contribution in [1.29, 1.82) is 0 Å². The molecule has 0 spiro atoms. The molecule has 1 aliphatic rings. The number of benzene rings is 3. The molecule has 3 aromatic rings. The molecule has 0 fully saturated rings. The lowest BCUT2D eigenvalue weighted by molar-refractivity contribution is -0.115. The van der Waals surface area contributed by atoms with Gasteiger partial charge in [-0.1, -0.05) is 30.3 Å². The quantitative estimate of drug-likeness (QED) is 0.597. The van der Waals surface area contributed by atoms with Crippen LogP contribution in [0, 0.1) is 0 Å². The fourth-order valence-corrected chi connectivity index (χ4v) is 3.83. The molecule has 0 radical (unpaired) electrons. The Bertz CT molecular complexity index is 1130. The molecular formula is C26H25NO4. The predicted molar refractivity (Wildman–Crippen MR) is 122 cm³/mol. The van der Waals surface area contributed by atoms with E-state index < -0.39 is 0 Å². The maximum absolute atomic E-state index is 12.6. The summed E-state index contributed by atoms with van der Waals surface area (Å²) >= 11 is 0. The van der Waals surface area contributed by atoms with Crippen molar-refractivity contribution < 1.29 is 19.0 Å². The summed E-state index contributed by atoms with van der Waals surface area (Å²) < 4.78 is 15.8. The summed E-state index contributed by atoms with van der Waals surface area (Å²) in [6.45, 7) is 0. The van der Waals surface area contributed by atoms with Crippen LogP contribution >= 0.6 is 0 Å². The van der Waals surface area contributed by atoms with Crippen LogP contribution in [0.2, 0.25) is 0 Å². The molecule has 1 amide bonds. The van der Waals surface area contributed by atoms with Gasteiger partial charge in [0, 0.05) is 5.69 Å². The Balaban J connectivity index is 1.49. The highest BCUT2D eigenvalue weighted by molar-refractivity contribution is 5.94. The lowest BCUT2D eigenvalue weighted by atomic mass is 9.98. The van der Waals surface area contributed by atoms with Crippen molar-refractivity contribution in [3.63, 3.8) is 0 Å². The highest BCUT2D eigenvalue weighted by Crippen LogP contribution is 2.35. The van der Waals surface area contributed by atoms with Gasteiger partial charge in [0.05, 0.1) is 27.8 Å². The van der Waals surface area contributed by atoms with E-state index in [0.29, 0.717) is 11.5 Å². The second-order valence-electron chi connectivity index (χ2n) is 7.34. The molecule has 5 heteroatoms. The van der Waals surface area contributed by atoms with Crippen LogP contribution in [0.15, 0.2) is 66.7 Å². The van der Waals surface area contributed by atoms with Gasteiger partial charge >= 0.3 is 0 Å². The van der Waals surface area contributed by atoms with E-state index >= 15 is 0 Å². The summed E-state index contributed by atoms with van der Waals surface area (Å²) in [6.07, 6.45) is 3.36. The minimum atomic E-state index is -0.0832. The van der Waals surface area contributed by atoms with E-state index in [9.17, 15) is 4.79 Å². The average molecular weight is 415 g/mol. The highest BCUT2D eigenvalue weighted by atomic mass is 16.5. The zero-order valence-electron chi connectivity index (χ0n) is 17.9. The van der Waals surface area contributed by atoms with Gasteiger partial charge in [-0.05, 0) is 70.6 Å². The van der Waals surface area contributed by atoms with Gasteiger partial charge in [0.25, 0.3) is 0 Å². The fraction of sp³-hybridized carbons (Fsp3) is 0.192. The Morgan fingerprint density at radius 2 is 1.65 bits per heavy atom. The molecule has 0 saturated heterocycles. The first-order valence-corrected chi connectivity index (χ1v) is 10.1. The second kappa shape index (κ2) is 8.96. The summed E-state index contributed by atoms with van der Waals surface area (Å²) in [5.74, 6) is 2.00. The van der Waals surface area contributed by atoms with Crippen molar-refractivity contribution in [2.75, 3.05) is 26.6 Å². The minimum absolute atomic E-state index is 0.0832. The molecule has 0 aliphatic heterocycles. The van der Waals surface area contributed by atoms with Gasteiger partial charge in [-0.15, -0.1) is 0 Å². The number of allylic oxidation sites excluding steroid dienone is 1. The largest absolute Gasteiger partial charge is 0.497 e. The SMILES string of the molecule is COc1ccc(C2=CCc3ccc(NC(=O)Cc4ccc(OC)c(OC)c4)cc32)cc1. The zero-order valence-corrected chi connectivity index (χ0v) is 17.9. The van der Waals surface area contributed by atoms with Gasteiger partial charge in [0.2, 0.25) is 5.91 Å². The van der Waals surface area contributed by atoms with Crippen molar-refractivity contribution in [3.8, 4) is 17.2 Å². The van der Waals surface area contributed by atoms with Crippen molar-refractivity contribution in [2.24, 2.45) is 0 Å². The van der Waals surface area contributed by atoms with Crippen LogP contribution in [0.25, 0.3) is 5.57 Å². The molecule has 5 nitrogen and oxygen atoms in total. The summed E-state index contributed by atoms with van der Waals surface area (Å²) in [5, 5.41) is 3.02. The third kappa shape index (κ3) is 4.40. The number of fused-ring (bicyclic) bond motifs is 1. The molecule has 3 aromatic carbocycles. The van der Waals surface area contributed by atoms with E-state index in [1.165, 1.54) is 11.1 Å². The summed E-state index contributed by atoms with van der Waals surface area (Å²) in [4.78, 5) is 12.6. The molecule has 1 aliphatic carbocycles. The monoisotopic (exact) mass is 415 g/mol. The van der Waals surface area contributed by atoms with Crippen LogP contribution in [0.1, 0.15) is 22.3 Å². The standard InChI is InChI=1S/C26H25NO4/c1-29-21-10-6-18(7-11-21)22-12-8-19-5-9-20(16-23(19)22)27-26(28)15-17-4-13-24(30-2)25(14-17)31-3/h4-7,9-14,16H,8,15H2,1-3H3,(H,27,28). The molecule has 0 atom stereocenters. The van der Waals surface area contributed by atoms with Gasteiger partial charge in [-0.3, -0.25) is 4.79 Å². The smallest absolute Gasteiger partial charge is 0.228 e. The van der Waals surface area contributed by atoms with E-state index in [1.54, 1.807) is 21.3 Å². The minimum Gasteiger partial charge on any atom is -0.497 e. The predicted octanol–water partition coefficient (Wildman–Crippen LogP) is 4.88. The Hall–Kier alpha value is -3.73. The third-order valence-corrected chi connectivity index (χ3v) is 5.42. The number of methoxy groups -OCH3 is 3. The van der Waals surface area contributed by atoms with Gasteiger partial charge in [0.1, 0.15) is 5.75 Å². The highest BCUT2D eigenvalue weighted by Gasteiger charge is 2.17. The maximum atomic E-state index is 12.6. The van der Waals surface area contributed by atoms with Crippen LogP contribution < -0.4 is 19.5 Å². The van der Waals surface area contributed by atoms with Crippen LogP contribution in [0.5, 0.6) is 17.2 Å².